The predicted octanol–water partition coefficient (Wildman–Crippen LogP) is 1.77. The van der Waals surface area contributed by atoms with Crippen molar-refractivity contribution in [1.29, 1.82) is 0 Å². The van der Waals surface area contributed by atoms with Gasteiger partial charge in [0.15, 0.2) is 0 Å². The second-order valence-electron chi connectivity index (χ2n) is 4.82. The number of hydrogen-bond donors (Lipinski definition) is 2. The van der Waals surface area contributed by atoms with Crippen molar-refractivity contribution in [3.63, 3.8) is 0 Å². The number of hydrogen-bond acceptors (Lipinski definition) is 3. The number of aliphatic hydroxyl groups is 1. The first-order valence-electron chi connectivity index (χ1n) is 6.01. The maximum absolute atomic E-state index is 12.3. The first-order chi connectivity index (χ1) is 8.49. The van der Waals surface area contributed by atoms with Crippen LogP contribution in [-0.4, -0.2) is 35.1 Å². The number of carbonyl (C=O) groups excluding carboxylic acids is 1. The molecule has 1 saturated heterocycles. The van der Waals surface area contributed by atoms with Crippen LogP contribution in [0.25, 0.3) is 0 Å². The number of carbonyl (C=O) groups is 1. The molecule has 0 bridgehead atoms. The minimum atomic E-state index is -0.316. The summed E-state index contributed by atoms with van der Waals surface area (Å²) in [6, 6.07) is 4.91. The van der Waals surface area contributed by atoms with Crippen LogP contribution in [0, 0.1) is 5.92 Å². The number of anilines is 1. The normalized spacial score (nSPS) is 24.1. The smallest absolute Gasteiger partial charge is 0.253 e. The molecule has 5 heteroatoms. The van der Waals surface area contributed by atoms with E-state index in [0.29, 0.717) is 35.8 Å². The number of benzene rings is 1. The zero-order valence-corrected chi connectivity index (χ0v) is 11.0. The van der Waals surface area contributed by atoms with Crippen molar-refractivity contribution >= 4 is 23.2 Å². The molecule has 18 heavy (non-hydrogen) atoms. The molecule has 1 aliphatic rings. The lowest BCUT2D eigenvalue weighted by molar-refractivity contribution is 0.0297. The van der Waals surface area contributed by atoms with Crippen LogP contribution in [0.15, 0.2) is 18.2 Å². The van der Waals surface area contributed by atoms with Crippen LogP contribution < -0.4 is 5.73 Å². The fourth-order valence-electron chi connectivity index (χ4n) is 2.16. The van der Waals surface area contributed by atoms with E-state index in [1.165, 1.54) is 0 Å². The number of piperidine rings is 1. The molecule has 0 aromatic heterocycles. The molecule has 2 atom stereocenters. The van der Waals surface area contributed by atoms with Crippen molar-refractivity contribution in [2.24, 2.45) is 5.92 Å². The van der Waals surface area contributed by atoms with E-state index in [0.717, 1.165) is 0 Å². The molecule has 0 aliphatic carbocycles. The summed E-state index contributed by atoms with van der Waals surface area (Å²) in [5, 5.41) is 10.0. The number of aliphatic hydroxyl groups excluding tert-OH is 1. The second kappa shape index (κ2) is 5.16. The Morgan fingerprint density at radius 3 is 2.89 bits per heavy atom. The summed E-state index contributed by atoms with van der Waals surface area (Å²) in [4.78, 5) is 14.0. The van der Waals surface area contributed by atoms with Gasteiger partial charge in [0.2, 0.25) is 0 Å². The topological polar surface area (TPSA) is 66.6 Å². The third kappa shape index (κ3) is 2.60. The van der Waals surface area contributed by atoms with Gasteiger partial charge in [-0.2, -0.15) is 0 Å². The lowest BCUT2D eigenvalue weighted by atomic mass is 9.96. The van der Waals surface area contributed by atoms with Gasteiger partial charge in [0.05, 0.1) is 16.8 Å². The number of amides is 1. The number of nitrogen functional groups attached to an aromatic ring is 1. The van der Waals surface area contributed by atoms with Gasteiger partial charge in [-0.05, 0) is 30.5 Å². The number of nitrogens with zero attached hydrogens (tertiary/aromatic N) is 1. The molecule has 1 aromatic carbocycles. The Labute approximate surface area is 111 Å². The van der Waals surface area contributed by atoms with Crippen molar-refractivity contribution in [2.45, 2.75) is 19.4 Å². The van der Waals surface area contributed by atoms with Crippen molar-refractivity contribution in [3.05, 3.63) is 28.8 Å². The highest BCUT2D eigenvalue weighted by Gasteiger charge is 2.27. The third-order valence-electron chi connectivity index (χ3n) is 3.39. The van der Waals surface area contributed by atoms with Gasteiger partial charge < -0.3 is 15.7 Å². The van der Waals surface area contributed by atoms with Crippen LogP contribution in [0.3, 0.4) is 0 Å². The summed E-state index contributed by atoms with van der Waals surface area (Å²) in [7, 11) is 0. The van der Waals surface area contributed by atoms with E-state index in [2.05, 4.69) is 0 Å². The molecule has 4 nitrogen and oxygen atoms in total. The fourth-order valence-corrected chi connectivity index (χ4v) is 2.34. The van der Waals surface area contributed by atoms with Crippen LogP contribution in [0.1, 0.15) is 23.7 Å². The van der Waals surface area contributed by atoms with E-state index < -0.39 is 0 Å². The van der Waals surface area contributed by atoms with E-state index in [1.807, 2.05) is 6.92 Å². The van der Waals surface area contributed by atoms with Crippen molar-refractivity contribution in [2.75, 3.05) is 18.8 Å². The van der Waals surface area contributed by atoms with Crippen LogP contribution in [0.4, 0.5) is 5.69 Å². The van der Waals surface area contributed by atoms with Gasteiger partial charge in [0, 0.05) is 18.7 Å². The summed E-state index contributed by atoms with van der Waals surface area (Å²) < 4.78 is 0. The van der Waals surface area contributed by atoms with Crippen molar-refractivity contribution in [1.82, 2.24) is 4.90 Å². The van der Waals surface area contributed by atoms with Gasteiger partial charge in [-0.1, -0.05) is 18.5 Å². The summed E-state index contributed by atoms with van der Waals surface area (Å²) >= 11 is 5.91. The second-order valence-corrected chi connectivity index (χ2v) is 5.23. The summed E-state index contributed by atoms with van der Waals surface area (Å²) in [5.74, 6) is 0.0441. The zero-order valence-electron chi connectivity index (χ0n) is 10.3. The van der Waals surface area contributed by atoms with Gasteiger partial charge in [0.1, 0.15) is 0 Å². The molecule has 1 heterocycles. The Kier molecular flexibility index (Phi) is 3.78. The van der Waals surface area contributed by atoms with E-state index in [4.69, 9.17) is 17.3 Å². The molecular formula is C13H17ClN2O2. The first kappa shape index (κ1) is 13.2. The van der Waals surface area contributed by atoms with Gasteiger partial charge in [-0.3, -0.25) is 4.79 Å². The molecular weight excluding hydrogens is 252 g/mol. The minimum absolute atomic E-state index is 0.0596. The Balaban J connectivity index is 2.14. The van der Waals surface area contributed by atoms with Crippen molar-refractivity contribution in [3.8, 4) is 0 Å². The minimum Gasteiger partial charge on any atom is -0.398 e. The van der Waals surface area contributed by atoms with E-state index in [-0.39, 0.29) is 17.9 Å². The quantitative estimate of drug-likeness (QED) is 0.763. The molecule has 1 amide bonds. The lowest BCUT2D eigenvalue weighted by Gasteiger charge is -2.34. The molecule has 3 N–H and O–H groups in total. The third-order valence-corrected chi connectivity index (χ3v) is 3.72. The Hall–Kier alpha value is -1.26. The van der Waals surface area contributed by atoms with Gasteiger partial charge in [-0.25, -0.2) is 0 Å². The van der Waals surface area contributed by atoms with Crippen molar-refractivity contribution < 1.29 is 9.90 Å². The lowest BCUT2D eigenvalue weighted by Crippen LogP contribution is -2.44. The van der Waals surface area contributed by atoms with E-state index in [1.54, 1.807) is 23.1 Å². The SMILES string of the molecule is CC1CN(C(=O)c2ccc(N)c(Cl)c2)CCC1O. The number of nitrogens with two attached hydrogens (primary N) is 1. The first-order valence-corrected chi connectivity index (χ1v) is 6.39. The molecule has 2 rings (SSSR count). The standard InChI is InChI=1S/C13H17ClN2O2/c1-8-7-16(5-4-12(8)17)13(18)9-2-3-11(15)10(14)6-9/h2-3,6,8,12,17H,4-5,7,15H2,1H3. The van der Waals surface area contributed by atoms with Gasteiger partial charge in [0.25, 0.3) is 5.91 Å². The Morgan fingerprint density at radius 1 is 1.56 bits per heavy atom. The molecule has 1 aliphatic heterocycles. The summed E-state index contributed by atoms with van der Waals surface area (Å²) in [6.07, 6.45) is 0.305. The average Bonchev–Trinajstić information content (AvgIpc) is 2.35. The average molecular weight is 269 g/mol. The Morgan fingerprint density at radius 2 is 2.28 bits per heavy atom. The molecule has 98 valence electrons. The van der Waals surface area contributed by atoms with Gasteiger partial charge in [-0.15, -0.1) is 0 Å². The van der Waals surface area contributed by atoms with Crippen LogP contribution in [0.2, 0.25) is 5.02 Å². The molecule has 2 unspecified atom stereocenters. The highest BCUT2D eigenvalue weighted by Crippen LogP contribution is 2.23. The number of rotatable bonds is 1. The zero-order chi connectivity index (χ0) is 13.3. The summed E-state index contributed by atoms with van der Waals surface area (Å²) in [6.45, 7) is 3.09. The fraction of sp³-hybridized carbons (Fsp3) is 0.462. The molecule has 0 saturated carbocycles. The largest absolute Gasteiger partial charge is 0.398 e. The van der Waals surface area contributed by atoms with Gasteiger partial charge >= 0.3 is 0 Å². The van der Waals surface area contributed by atoms with Crippen LogP contribution in [-0.2, 0) is 0 Å². The molecule has 0 radical (unpaired) electrons. The maximum Gasteiger partial charge on any atom is 0.253 e. The predicted molar refractivity (Wildman–Crippen MR) is 71.6 cm³/mol. The monoisotopic (exact) mass is 268 g/mol. The summed E-state index contributed by atoms with van der Waals surface area (Å²) in [5.41, 5.74) is 6.63. The van der Waals surface area contributed by atoms with E-state index in [9.17, 15) is 9.90 Å². The maximum atomic E-state index is 12.3. The highest BCUT2D eigenvalue weighted by atomic mass is 35.5. The number of likely N-dealkylation sites (tertiary alicyclic amines) is 1. The van der Waals surface area contributed by atoms with Crippen LogP contribution >= 0.6 is 11.6 Å². The molecule has 0 spiro atoms. The van der Waals surface area contributed by atoms with Crippen LogP contribution in [0.5, 0.6) is 0 Å². The number of halogens is 1. The molecule has 1 fully saturated rings. The van der Waals surface area contributed by atoms with E-state index >= 15 is 0 Å². The highest BCUT2D eigenvalue weighted by molar-refractivity contribution is 6.33. The molecule has 1 aromatic rings. The Bertz CT molecular complexity index is 464.